The van der Waals surface area contributed by atoms with Gasteiger partial charge in [-0.05, 0) is 18.1 Å². The highest BCUT2D eigenvalue weighted by Gasteiger charge is 2.05. The van der Waals surface area contributed by atoms with Gasteiger partial charge in [0.15, 0.2) is 0 Å². The van der Waals surface area contributed by atoms with Gasteiger partial charge in [0, 0.05) is 38.4 Å². The summed E-state index contributed by atoms with van der Waals surface area (Å²) < 4.78 is 0. The van der Waals surface area contributed by atoms with Crippen LogP contribution in [0.3, 0.4) is 0 Å². The lowest BCUT2D eigenvalue weighted by Gasteiger charge is -2.11. The molecule has 0 radical (unpaired) electrons. The zero-order chi connectivity index (χ0) is 10.3. The van der Waals surface area contributed by atoms with E-state index in [0.717, 1.165) is 32.7 Å². The topological polar surface area (TPSA) is 36.1 Å². The molecule has 2 aliphatic heterocycles. The fourth-order valence-electron chi connectivity index (χ4n) is 1.85. The van der Waals surface area contributed by atoms with Crippen LogP contribution in [-0.2, 0) is 6.42 Å². The first kappa shape index (κ1) is 10.5. The Labute approximate surface area is 91.3 Å². The van der Waals surface area contributed by atoms with Gasteiger partial charge in [-0.15, -0.1) is 0 Å². The maximum absolute atomic E-state index is 3.30. The SMILES string of the molecule is C1CNCCN1.c1ccc2c(c1)CCN2. The molecule has 1 saturated heterocycles. The van der Waals surface area contributed by atoms with Crippen molar-refractivity contribution in [1.82, 2.24) is 10.6 Å². The summed E-state index contributed by atoms with van der Waals surface area (Å²) in [7, 11) is 0. The predicted molar refractivity (Wildman–Crippen MR) is 64.4 cm³/mol. The lowest BCUT2D eigenvalue weighted by atomic mass is 10.2. The van der Waals surface area contributed by atoms with E-state index in [-0.39, 0.29) is 0 Å². The van der Waals surface area contributed by atoms with Crippen LogP contribution in [0.1, 0.15) is 5.56 Å². The van der Waals surface area contributed by atoms with Gasteiger partial charge in [-0.25, -0.2) is 0 Å². The van der Waals surface area contributed by atoms with Gasteiger partial charge in [-0.1, -0.05) is 18.2 Å². The fourth-order valence-corrected chi connectivity index (χ4v) is 1.85. The Morgan fingerprint density at radius 3 is 2.07 bits per heavy atom. The molecule has 1 aromatic rings. The Hall–Kier alpha value is -1.06. The van der Waals surface area contributed by atoms with Crippen LogP contribution in [-0.4, -0.2) is 32.7 Å². The molecule has 2 heterocycles. The van der Waals surface area contributed by atoms with Gasteiger partial charge < -0.3 is 16.0 Å². The van der Waals surface area contributed by atoms with Crippen molar-refractivity contribution >= 4 is 5.69 Å². The average Bonchev–Trinajstić information content (AvgIpc) is 2.80. The second-order valence-corrected chi connectivity index (χ2v) is 3.83. The van der Waals surface area contributed by atoms with Crippen LogP contribution in [0.2, 0.25) is 0 Å². The summed E-state index contributed by atoms with van der Waals surface area (Å²) in [6.45, 7) is 5.67. The van der Waals surface area contributed by atoms with E-state index < -0.39 is 0 Å². The second kappa shape index (κ2) is 5.73. The third kappa shape index (κ3) is 3.22. The summed E-state index contributed by atoms with van der Waals surface area (Å²) in [6, 6.07) is 8.46. The summed E-state index contributed by atoms with van der Waals surface area (Å²) in [4.78, 5) is 0. The number of para-hydroxylation sites is 1. The molecule has 0 aliphatic carbocycles. The highest BCUT2D eigenvalue weighted by atomic mass is 15.0. The van der Waals surface area contributed by atoms with Crippen molar-refractivity contribution in [2.75, 3.05) is 38.0 Å². The Balaban J connectivity index is 0.000000124. The molecule has 0 aromatic heterocycles. The zero-order valence-electron chi connectivity index (χ0n) is 9.05. The number of rotatable bonds is 0. The first-order chi connectivity index (χ1) is 7.47. The van der Waals surface area contributed by atoms with E-state index in [4.69, 9.17) is 0 Å². The average molecular weight is 205 g/mol. The lowest BCUT2D eigenvalue weighted by molar-refractivity contribution is 0.534. The largest absolute Gasteiger partial charge is 0.384 e. The van der Waals surface area contributed by atoms with E-state index in [0.29, 0.717) is 0 Å². The number of nitrogens with one attached hydrogen (secondary N) is 3. The molecule has 2 aliphatic rings. The first-order valence-corrected chi connectivity index (χ1v) is 5.70. The van der Waals surface area contributed by atoms with Crippen molar-refractivity contribution in [3.63, 3.8) is 0 Å². The van der Waals surface area contributed by atoms with Crippen molar-refractivity contribution in [2.45, 2.75) is 6.42 Å². The predicted octanol–water partition coefficient (Wildman–Crippen LogP) is 0.834. The monoisotopic (exact) mass is 205 g/mol. The minimum Gasteiger partial charge on any atom is -0.384 e. The Bertz CT molecular complexity index is 260. The van der Waals surface area contributed by atoms with Gasteiger partial charge >= 0.3 is 0 Å². The maximum Gasteiger partial charge on any atom is 0.0373 e. The van der Waals surface area contributed by atoms with Crippen LogP contribution in [0.25, 0.3) is 0 Å². The zero-order valence-corrected chi connectivity index (χ0v) is 9.05. The summed E-state index contributed by atoms with van der Waals surface area (Å²) in [5.74, 6) is 0. The molecule has 0 amide bonds. The summed E-state index contributed by atoms with van der Waals surface area (Å²) >= 11 is 0. The standard InChI is InChI=1S/C8H9N.C4H10N2/c1-2-4-8-7(3-1)5-6-9-8;1-2-6-4-3-5-1/h1-4,9H,5-6H2;5-6H,1-4H2. The molecule has 1 aromatic carbocycles. The van der Waals surface area contributed by atoms with Gasteiger partial charge in [0.05, 0.1) is 0 Å². The third-order valence-corrected chi connectivity index (χ3v) is 2.68. The normalized spacial score (nSPS) is 18.4. The second-order valence-electron chi connectivity index (χ2n) is 3.83. The number of fused-ring (bicyclic) bond motifs is 1. The fraction of sp³-hybridized carbons (Fsp3) is 0.500. The van der Waals surface area contributed by atoms with Crippen molar-refractivity contribution in [3.8, 4) is 0 Å². The van der Waals surface area contributed by atoms with E-state index in [1.165, 1.54) is 17.7 Å². The van der Waals surface area contributed by atoms with Crippen LogP contribution in [0.15, 0.2) is 24.3 Å². The maximum atomic E-state index is 3.30. The minimum atomic E-state index is 1.11. The molecule has 15 heavy (non-hydrogen) atoms. The minimum absolute atomic E-state index is 1.11. The lowest BCUT2D eigenvalue weighted by Crippen LogP contribution is -2.39. The molecule has 3 heteroatoms. The van der Waals surface area contributed by atoms with E-state index in [1.807, 2.05) is 0 Å². The molecular weight excluding hydrogens is 186 g/mol. The van der Waals surface area contributed by atoms with E-state index in [1.54, 1.807) is 0 Å². The molecule has 0 unspecified atom stereocenters. The van der Waals surface area contributed by atoms with Gasteiger partial charge in [0.2, 0.25) is 0 Å². The summed E-state index contributed by atoms with van der Waals surface area (Å²) in [5.41, 5.74) is 2.77. The Kier molecular flexibility index (Phi) is 4.00. The molecular formula is C12H19N3. The van der Waals surface area contributed by atoms with Crippen LogP contribution in [0.4, 0.5) is 5.69 Å². The molecule has 0 atom stereocenters. The van der Waals surface area contributed by atoms with Gasteiger partial charge in [0.1, 0.15) is 0 Å². The number of hydrogen-bond acceptors (Lipinski definition) is 3. The molecule has 0 saturated carbocycles. The van der Waals surface area contributed by atoms with Crippen molar-refractivity contribution in [1.29, 1.82) is 0 Å². The number of hydrogen-bond donors (Lipinski definition) is 3. The number of anilines is 1. The van der Waals surface area contributed by atoms with Crippen LogP contribution in [0, 0.1) is 0 Å². The quantitative estimate of drug-likeness (QED) is 0.587. The number of benzene rings is 1. The summed E-state index contributed by atoms with van der Waals surface area (Å²) in [5, 5.41) is 9.74. The van der Waals surface area contributed by atoms with Gasteiger partial charge in [0.25, 0.3) is 0 Å². The highest BCUT2D eigenvalue weighted by molar-refractivity contribution is 5.54. The molecule has 0 spiro atoms. The molecule has 0 bridgehead atoms. The molecule has 82 valence electrons. The van der Waals surface area contributed by atoms with E-state index >= 15 is 0 Å². The van der Waals surface area contributed by atoms with E-state index in [9.17, 15) is 0 Å². The molecule has 1 fully saturated rings. The smallest absolute Gasteiger partial charge is 0.0373 e. The van der Waals surface area contributed by atoms with Crippen molar-refractivity contribution < 1.29 is 0 Å². The first-order valence-electron chi connectivity index (χ1n) is 5.70. The number of piperazine rings is 1. The van der Waals surface area contributed by atoms with Gasteiger partial charge in [-0.3, -0.25) is 0 Å². The highest BCUT2D eigenvalue weighted by Crippen LogP contribution is 2.19. The van der Waals surface area contributed by atoms with Crippen molar-refractivity contribution in [2.24, 2.45) is 0 Å². The van der Waals surface area contributed by atoms with E-state index in [2.05, 4.69) is 40.2 Å². The van der Waals surface area contributed by atoms with Gasteiger partial charge in [-0.2, -0.15) is 0 Å². The molecule has 3 nitrogen and oxygen atoms in total. The Morgan fingerprint density at radius 2 is 1.47 bits per heavy atom. The third-order valence-electron chi connectivity index (χ3n) is 2.68. The van der Waals surface area contributed by atoms with Crippen LogP contribution >= 0.6 is 0 Å². The molecule has 3 rings (SSSR count). The molecule has 3 N–H and O–H groups in total. The van der Waals surface area contributed by atoms with Crippen LogP contribution < -0.4 is 16.0 Å². The van der Waals surface area contributed by atoms with Crippen LogP contribution in [0.5, 0.6) is 0 Å². The van der Waals surface area contributed by atoms with Crippen molar-refractivity contribution in [3.05, 3.63) is 29.8 Å². The Morgan fingerprint density at radius 1 is 0.800 bits per heavy atom. The summed E-state index contributed by atoms with van der Waals surface area (Å²) in [6.07, 6.45) is 1.19.